The number of benzene rings is 2. The summed E-state index contributed by atoms with van der Waals surface area (Å²) in [5.41, 5.74) is 5.35. The lowest BCUT2D eigenvalue weighted by Gasteiger charge is -2.20. The molecule has 0 fully saturated rings. The number of hydrogen-bond acceptors (Lipinski definition) is 2. The molecule has 24 heavy (non-hydrogen) atoms. The van der Waals surface area contributed by atoms with E-state index in [2.05, 4.69) is 31.3 Å². The molecule has 0 aromatic heterocycles. The van der Waals surface area contributed by atoms with Crippen molar-refractivity contribution in [3.8, 4) is 5.75 Å². The normalized spacial score (nSPS) is 12.1. The molecule has 3 heteroatoms. The molecule has 2 aromatic rings. The largest absolute Gasteiger partial charge is 0.481 e. The Morgan fingerprint density at radius 2 is 1.62 bits per heavy atom. The van der Waals surface area contributed by atoms with Crippen molar-refractivity contribution in [1.82, 2.24) is 0 Å². The average molecular weight is 325 g/mol. The van der Waals surface area contributed by atoms with Crippen molar-refractivity contribution in [3.05, 3.63) is 58.7 Å². The zero-order valence-electron chi connectivity index (χ0n) is 15.4. The van der Waals surface area contributed by atoms with Crippen molar-refractivity contribution >= 4 is 11.6 Å². The summed E-state index contributed by atoms with van der Waals surface area (Å²) in [5, 5.41) is 3.05. The number of ether oxygens (including phenoxy) is 1. The highest BCUT2D eigenvalue weighted by Gasteiger charge is 2.18. The molecular formula is C21H27NO2. The zero-order valence-corrected chi connectivity index (χ0v) is 15.4. The van der Waals surface area contributed by atoms with Gasteiger partial charge in [-0.15, -0.1) is 0 Å². The lowest BCUT2D eigenvalue weighted by molar-refractivity contribution is -0.122. The van der Waals surface area contributed by atoms with Gasteiger partial charge >= 0.3 is 0 Å². The van der Waals surface area contributed by atoms with Gasteiger partial charge in [-0.25, -0.2) is 0 Å². The van der Waals surface area contributed by atoms with Crippen LogP contribution in [0.3, 0.4) is 0 Å². The van der Waals surface area contributed by atoms with Gasteiger partial charge in [0.25, 0.3) is 5.91 Å². The minimum absolute atomic E-state index is 0.134. The molecule has 0 heterocycles. The Hall–Kier alpha value is -2.29. The molecule has 0 aliphatic heterocycles. The lowest BCUT2D eigenvalue weighted by atomic mass is 9.98. The van der Waals surface area contributed by atoms with Crippen molar-refractivity contribution in [2.45, 2.75) is 53.6 Å². The molecular weight excluding hydrogens is 298 g/mol. The van der Waals surface area contributed by atoms with E-state index in [-0.39, 0.29) is 5.91 Å². The zero-order chi connectivity index (χ0) is 17.9. The van der Waals surface area contributed by atoms with Crippen LogP contribution >= 0.6 is 0 Å². The molecule has 0 spiro atoms. The summed E-state index contributed by atoms with van der Waals surface area (Å²) in [6.45, 7) is 12.1. The maximum absolute atomic E-state index is 12.6. The van der Waals surface area contributed by atoms with Crippen molar-refractivity contribution in [2.75, 3.05) is 5.32 Å². The number of anilines is 1. The van der Waals surface area contributed by atoms with Crippen LogP contribution in [0.25, 0.3) is 0 Å². The number of aryl methyl sites for hydroxylation is 3. The van der Waals surface area contributed by atoms with E-state index in [1.807, 2.05) is 45.0 Å². The van der Waals surface area contributed by atoms with Crippen molar-refractivity contribution in [2.24, 2.45) is 0 Å². The highest BCUT2D eigenvalue weighted by molar-refractivity contribution is 5.95. The quantitative estimate of drug-likeness (QED) is 0.826. The minimum atomic E-state index is -0.564. The molecule has 1 atom stereocenters. The first-order chi connectivity index (χ1) is 11.3. The molecule has 128 valence electrons. The summed E-state index contributed by atoms with van der Waals surface area (Å²) in [4.78, 5) is 12.6. The van der Waals surface area contributed by atoms with Crippen molar-refractivity contribution in [3.63, 3.8) is 0 Å². The Bertz CT molecular complexity index is 714. The van der Waals surface area contributed by atoms with Crippen LogP contribution in [-0.2, 0) is 4.79 Å². The summed E-state index contributed by atoms with van der Waals surface area (Å²) < 4.78 is 5.84. The molecule has 0 aliphatic rings. The van der Waals surface area contributed by atoms with E-state index in [0.717, 1.165) is 33.7 Å². The maximum Gasteiger partial charge on any atom is 0.265 e. The number of para-hydroxylation sites is 1. The number of carbonyl (C=O) groups is 1. The second-order valence-electron chi connectivity index (χ2n) is 6.77. The summed E-state index contributed by atoms with van der Waals surface area (Å²) in [6.07, 6.45) is -0.564. The summed E-state index contributed by atoms with van der Waals surface area (Å²) in [5.74, 6) is 0.935. The molecule has 2 rings (SSSR count). The smallest absolute Gasteiger partial charge is 0.265 e. The SMILES string of the molecule is Cc1cc(C)cc(O[C@H](C)C(=O)Nc2c(C)cccc2C(C)C)c1. The van der Waals surface area contributed by atoms with Gasteiger partial charge < -0.3 is 10.1 Å². The first kappa shape index (κ1) is 18.1. The van der Waals surface area contributed by atoms with Gasteiger partial charge in [-0.3, -0.25) is 4.79 Å². The Morgan fingerprint density at radius 3 is 2.21 bits per heavy atom. The molecule has 1 amide bonds. The molecule has 0 bridgehead atoms. The predicted molar refractivity (Wildman–Crippen MR) is 99.9 cm³/mol. The Kier molecular flexibility index (Phi) is 5.66. The molecule has 0 unspecified atom stereocenters. The van der Waals surface area contributed by atoms with Crippen LogP contribution < -0.4 is 10.1 Å². The fourth-order valence-electron chi connectivity index (χ4n) is 2.83. The first-order valence-electron chi connectivity index (χ1n) is 8.43. The molecule has 0 aliphatic carbocycles. The van der Waals surface area contributed by atoms with Gasteiger partial charge in [-0.1, -0.05) is 38.1 Å². The monoisotopic (exact) mass is 325 g/mol. The Morgan fingerprint density at radius 1 is 1.00 bits per heavy atom. The standard InChI is InChI=1S/C21H27NO2/c1-13(2)19-9-7-8-16(5)20(19)22-21(23)17(6)24-18-11-14(3)10-15(4)12-18/h7-13,17H,1-6H3,(H,22,23)/t17-/m1/s1. The molecule has 0 saturated heterocycles. The highest BCUT2D eigenvalue weighted by Crippen LogP contribution is 2.27. The van der Waals surface area contributed by atoms with Gasteiger partial charge in [0.15, 0.2) is 6.10 Å². The van der Waals surface area contributed by atoms with Crippen LogP contribution in [0, 0.1) is 20.8 Å². The fraction of sp³-hybridized carbons (Fsp3) is 0.381. The van der Waals surface area contributed by atoms with Crippen molar-refractivity contribution in [1.29, 1.82) is 0 Å². The van der Waals surface area contributed by atoms with E-state index in [4.69, 9.17) is 4.74 Å². The third-order valence-electron chi connectivity index (χ3n) is 4.05. The third-order valence-corrected chi connectivity index (χ3v) is 4.05. The van der Waals surface area contributed by atoms with E-state index >= 15 is 0 Å². The predicted octanol–water partition coefficient (Wildman–Crippen LogP) is 5.14. The van der Waals surface area contributed by atoms with Gasteiger partial charge in [0.1, 0.15) is 5.75 Å². The lowest BCUT2D eigenvalue weighted by Crippen LogP contribution is -2.31. The van der Waals surface area contributed by atoms with Crippen LogP contribution in [0.2, 0.25) is 0 Å². The summed E-state index contributed by atoms with van der Waals surface area (Å²) >= 11 is 0. The van der Waals surface area contributed by atoms with E-state index < -0.39 is 6.10 Å². The van der Waals surface area contributed by atoms with E-state index in [1.165, 1.54) is 0 Å². The van der Waals surface area contributed by atoms with Gasteiger partial charge in [-0.05, 0) is 68.0 Å². The summed E-state index contributed by atoms with van der Waals surface area (Å²) in [7, 11) is 0. The van der Waals surface area contributed by atoms with E-state index in [0.29, 0.717) is 5.92 Å². The van der Waals surface area contributed by atoms with Gasteiger partial charge in [-0.2, -0.15) is 0 Å². The van der Waals surface area contributed by atoms with Crippen LogP contribution in [0.1, 0.15) is 48.9 Å². The number of nitrogens with one attached hydrogen (secondary N) is 1. The third kappa shape index (κ3) is 4.38. The van der Waals surface area contributed by atoms with Crippen molar-refractivity contribution < 1.29 is 9.53 Å². The first-order valence-corrected chi connectivity index (χ1v) is 8.43. The Balaban J connectivity index is 2.15. The second kappa shape index (κ2) is 7.52. The molecule has 2 aromatic carbocycles. The summed E-state index contributed by atoms with van der Waals surface area (Å²) in [6, 6.07) is 12.1. The number of rotatable bonds is 5. The topological polar surface area (TPSA) is 38.3 Å². The number of amides is 1. The number of carbonyl (C=O) groups excluding carboxylic acids is 1. The van der Waals surface area contributed by atoms with Crippen LogP contribution in [-0.4, -0.2) is 12.0 Å². The van der Waals surface area contributed by atoms with Crippen LogP contribution in [0.4, 0.5) is 5.69 Å². The fourth-order valence-corrected chi connectivity index (χ4v) is 2.83. The highest BCUT2D eigenvalue weighted by atomic mass is 16.5. The molecule has 0 radical (unpaired) electrons. The Labute approximate surface area is 145 Å². The van der Waals surface area contributed by atoms with Gasteiger partial charge in [0.05, 0.1) is 0 Å². The maximum atomic E-state index is 12.6. The van der Waals surface area contributed by atoms with Crippen LogP contribution in [0.15, 0.2) is 36.4 Å². The average Bonchev–Trinajstić information content (AvgIpc) is 2.47. The molecule has 3 nitrogen and oxygen atoms in total. The van der Waals surface area contributed by atoms with Gasteiger partial charge in [0, 0.05) is 5.69 Å². The van der Waals surface area contributed by atoms with Gasteiger partial charge in [0.2, 0.25) is 0 Å². The molecule has 1 N–H and O–H groups in total. The van der Waals surface area contributed by atoms with Crippen LogP contribution in [0.5, 0.6) is 5.75 Å². The molecule has 0 saturated carbocycles. The van der Waals surface area contributed by atoms with E-state index in [9.17, 15) is 4.79 Å². The minimum Gasteiger partial charge on any atom is -0.481 e. The van der Waals surface area contributed by atoms with E-state index in [1.54, 1.807) is 6.92 Å². The number of hydrogen-bond donors (Lipinski definition) is 1. The second-order valence-corrected chi connectivity index (χ2v) is 6.77.